The predicted octanol–water partition coefficient (Wildman–Crippen LogP) is 1.35. The third-order valence-electron chi connectivity index (χ3n) is 3.28. The molecule has 1 aromatic carbocycles. The summed E-state index contributed by atoms with van der Waals surface area (Å²) in [5, 5.41) is -0.869. The summed E-state index contributed by atoms with van der Waals surface area (Å²) in [6, 6.07) is 8.82. The highest BCUT2D eigenvalue weighted by Gasteiger charge is 2.57. The lowest BCUT2D eigenvalue weighted by atomic mass is 10.1. The molecule has 1 aliphatic heterocycles. The van der Waals surface area contributed by atoms with Gasteiger partial charge in [-0.2, -0.15) is 0 Å². The van der Waals surface area contributed by atoms with E-state index in [0.29, 0.717) is 5.56 Å². The molecular weight excluding hydrogens is 238 g/mol. The van der Waals surface area contributed by atoms with Crippen molar-refractivity contribution in [2.45, 2.75) is 24.0 Å². The highest BCUT2D eigenvalue weighted by Crippen LogP contribution is 2.42. The Bertz CT molecular complexity index is 548. The molecule has 1 heterocycles. The van der Waals surface area contributed by atoms with Gasteiger partial charge in [0.2, 0.25) is 5.91 Å². The first-order chi connectivity index (χ1) is 7.80. The molecule has 2 rings (SSSR count). The van der Waals surface area contributed by atoms with Crippen molar-refractivity contribution in [2.24, 2.45) is 0 Å². The molecule has 1 unspecified atom stereocenters. The van der Waals surface area contributed by atoms with Crippen LogP contribution in [0.25, 0.3) is 0 Å². The Labute approximate surface area is 101 Å². The van der Waals surface area contributed by atoms with Crippen molar-refractivity contribution in [1.82, 2.24) is 4.90 Å². The van der Waals surface area contributed by atoms with Crippen LogP contribution in [0.2, 0.25) is 0 Å². The van der Waals surface area contributed by atoms with Gasteiger partial charge in [-0.1, -0.05) is 30.3 Å². The lowest BCUT2D eigenvalue weighted by Gasteiger charge is -2.18. The van der Waals surface area contributed by atoms with Gasteiger partial charge in [0.05, 0.1) is 0 Å². The fourth-order valence-corrected chi connectivity index (χ4v) is 4.13. The number of nitrogens with zero attached hydrogens (tertiary/aromatic N) is 1. The lowest BCUT2D eigenvalue weighted by Crippen LogP contribution is -2.36. The van der Waals surface area contributed by atoms with Crippen LogP contribution in [0.1, 0.15) is 24.8 Å². The second-order valence-electron chi connectivity index (χ2n) is 4.73. The quantitative estimate of drug-likeness (QED) is 0.759. The largest absolute Gasteiger partial charge is 0.324 e. The van der Waals surface area contributed by atoms with Gasteiger partial charge in [0.1, 0.15) is 4.75 Å². The molecule has 0 aliphatic carbocycles. The Morgan fingerprint density at radius 2 is 1.71 bits per heavy atom. The van der Waals surface area contributed by atoms with Gasteiger partial charge >= 0.3 is 0 Å². The van der Waals surface area contributed by atoms with Crippen molar-refractivity contribution in [2.75, 3.05) is 7.05 Å². The van der Waals surface area contributed by atoms with Gasteiger partial charge < -0.3 is 4.90 Å². The molecule has 1 aromatic rings. The molecule has 1 atom stereocenters. The summed E-state index contributed by atoms with van der Waals surface area (Å²) >= 11 is 0. The standard InChI is InChI=1S/C12H15NO3S/c1-12(2)11(14)13(3)10(17(12,15)16)9-7-5-4-6-8-9/h4-8,10H,1-3H3. The van der Waals surface area contributed by atoms with E-state index in [1.165, 1.54) is 25.8 Å². The molecule has 0 N–H and O–H groups in total. The predicted molar refractivity (Wildman–Crippen MR) is 65.0 cm³/mol. The molecule has 1 saturated heterocycles. The average Bonchev–Trinajstić information content (AvgIpc) is 2.39. The molecular formula is C12H15NO3S. The molecule has 0 bridgehead atoms. The van der Waals surface area contributed by atoms with Crippen LogP contribution in [0.4, 0.5) is 0 Å². The summed E-state index contributed by atoms with van der Waals surface area (Å²) < 4.78 is 23.4. The summed E-state index contributed by atoms with van der Waals surface area (Å²) in [6.45, 7) is 2.92. The Balaban J connectivity index is 2.61. The molecule has 0 radical (unpaired) electrons. The minimum Gasteiger partial charge on any atom is -0.324 e. The monoisotopic (exact) mass is 253 g/mol. The third-order valence-corrected chi connectivity index (χ3v) is 6.05. The Hall–Kier alpha value is -1.36. The van der Waals surface area contributed by atoms with Crippen molar-refractivity contribution in [3.05, 3.63) is 35.9 Å². The number of amides is 1. The topological polar surface area (TPSA) is 54.5 Å². The van der Waals surface area contributed by atoms with Crippen LogP contribution >= 0.6 is 0 Å². The number of carbonyl (C=O) groups is 1. The van der Waals surface area contributed by atoms with E-state index < -0.39 is 20.0 Å². The smallest absolute Gasteiger partial charge is 0.244 e. The van der Waals surface area contributed by atoms with Crippen molar-refractivity contribution >= 4 is 15.7 Å². The van der Waals surface area contributed by atoms with E-state index in [9.17, 15) is 13.2 Å². The Kier molecular flexibility index (Phi) is 2.54. The van der Waals surface area contributed by atoms with Crippen LogP contribution in [0.3, 0.4) is 0 Å². The second kappa shape index (κ2) is 3.57. The van der Waals surface area contributed by atoms with Crippen LogP contribution in [-0.2, 0) is 14.6 Å². The SMILES string of the molecule is CN1C(=O)C(C)(C)S(=O)(=O)C1c1ccccc1. The van der Waals surface area contributed by atoms with Crippen molar-refractivity contribution in [3.63, 3.8) is 0 Å². The summed E-state index contributed by atoms with van der Waals surface area (Å²) in [5.74, 6) is -0.355. The summed E-state index contributed by atoms with van der Waals surface area (Å²) in [5.41, 5.74) is 0.633. The molecule has 92 valence electrons. The fourth-order valence-electron chi connectivity index (χ4n) is 2.16. The van der Waals surface area contributed by atoms with E-state index in [-0.39, 0.29) is 5.91 Å². The number of hydrogen-bond donors (Lipinski definition) is 0. The first kappa shape index (κ1) is 12.1. The number of hydrogen-bond acceptors (Lipinski definition) is 3. The van der Waals surface area contributed by atoms with Gasteiger partial charge in [-0.05, 0) is 19.4 Å². The van der Waals surface area contributed by atoms with Crippen LogP contribution in [0.15, 0.2) is 30.3 Å². The van der Waals surface area contributed by atoms with E-state index in [0.717, 1.165) is 0 Å². The van der Waals surface area contributed by atoms with Crippen molar-refractivity contribution in [1.29, 1.82) is 0 Å². The number of sulfone groups is 1. The summed E-state index contributed by atoms with van der Waals surface area (Å²) in [7, 11) is -2.01. The molecule has 1 amide bonds. The maximum Gasteiger partial charge on any atom is 0.244 e. The Morgan fingerprint density at radius 1 is 1.18 bits per heavy atom. The molecule has 4 nitrogen and oxygen atoms in total. The zero-order chi connectivity index (χ0) is 12.8. The van der Waals surface area contributed by atoms with Gasteiger partial charge in [0, 0.05) is 7.05 Å². The second-order valence-corrected chi connectivity index (χ2v) is 7.29. The van der Waals surface area contributed by atoms with E-state index in [4.69, 9.17) is 0 Å². The maximum atomic E-state index is 12.4. The summed E-state index contributed by atoms with van der Waals surface area (Å²) in [4.78, 5) is 13.3. The van der Waals surface area contributed by atoms with E-state index in [2.05, 4.69) is 0 Å². The highest BCUT2D eigenvalue weighted by atomic mass is 32.2. The van der Waals surface area contributed by atoms with Crippen molar-refractivity contribution < 1.29 is 13.2 Å². The molecule has 1 aliphatic rings. The zero-order valence-electron chi connectivity index (χ0n) is 10.0. The van der Waals surface area contributed by atoms with Crippen LogP contribution in [-0.4, -0.2) is 31.0 Å². The minimum absolute atomic E-state index is 0.355. The van der Waals surface area contributed by atoms with Gasteiger partial charge in [0.15, 0.2) is 15.2 Å². The van der Waals surface area contributed by atoms with Gasteiger partial charge in [-0.25, -0.2) is 8.42 Å². The normalized spacial score (nSPS) is 26.2. The van der Waals surface area contributed by atoms with Crippen LogP contribution in [0.5, 0.6) is 0 Å². The highest BCUT2D eigenvalue weighted by molar-refractivity contribution is 7.94. The lowest BCUT2D eigenvalue weighted by molar-refractivity contribution is -0.130. The van der Waals surface area contributed by atoms with E-state index in [1.807, 2.05) is 6.07 Å². The molecule has 5 heteroatoms. The molecule has 17 heavy (non-hydrogen) atoms. The number of rotatable bonds is 1. The number of benzene rings is 1. The molecule has 1 fully saturated rings. The van der Waals surface area contributed by atoms with Crippen molar-refractivity contribution in [3.8, 4) is 0 Å². The summed E-state index contributed by atoms with van der Waals surface area (Å²) in [6.07, 6.45) is 0. The van der Waals surface area contributed by atoms with Gasteiger partial charge in [-0.15, -0.1) is 0 Å². The molecule has 0 aromatic heterocycles. The van der Waals surface area contributed by atoms with Gasteiger partial charge in [-0.3, -0.25) is 4.79 Å². The number of carbonyl (C=O) groups excluding carboxylic acids is 1. The maximum absolute atomic E-state index is 12.4. The fraction of sp³-hybridized carbons (Fsp3) is 0.417. The van der Waals surface area contributed by atoms with Crippen LogP contribution < -0.4 is 0 Å². The van der Waals surface area contributed by atoms with E-state index in [1.54, 1.807) is 24.3 Å². The third kappa shape index (κ3) is 1.49. The first-order valence-corrected chi connectivity index (χ1v) is 6.90. The van der Waals surface area contributed by atoms with Crippen LogP contribution in [0, 0.1) is 0 Å². The van der Waals surface area contributed by atoms with E-state index >= 15 is 0 Å². The molecule has 0 spiro atoms. The first-order valence-electron chi connectivity index (χ1n) is 5.36. The molecule has 0 saturated carbocycles. The minimum atomic E-state index is -3.54. The zero-order valence-corrected chi connectivity index (χ0v) is 10.9. The average molecular weight is 253 g/mol. The Morgan fingerprint density at radius 3 is 2.12 bits per heavy atom. The van der Waals surface area contributed by atoms with Gasteiger partial charge in [0.25, 0.3) is 0 Å².